The number of unbranched alkanes of at least 4 members (excludes halogenated alkanes) is 1. The first-order valence-corrected chi connectivity index (χ1v) is 11.8. The number of urea groups is 1. The Balaban J connectivity index is 1.28. The van der Waals surface area contributed by atoms with Crippen LogP contribution in [0.1, 0.15) is 56.9 Å². The number of amides is 3. The molecular formula is C22H31N3O3S. The second-order valence-corrected chi connectivity index (χ2v) is 9.68. The van der Waals surface area contributed by atoms with Crippen LogP contribution in [0.3, 0.4) is 0 Å². The minimum Gasteiger partial charge on any atom is -0.496 e. The highest BCUT2D eigenvalue weighted by Crippen LogP contribution is 2.42. The van der Waals surface area contributed by atoms with Gasteiger partial charge in [-0.1, -0.05) is 37.5 Å². The quantitative estimate of drug-likeness (QED) is 0.448. The van der Waals surface area contributed by atoms with Gasteiger partial charge in [0.2, 0.25) is 5.91 Å². The number of hydrogen-bond acceptors (Lipinski definition) is 4. The van der Waals surface area contributed by atoms with E-state index in [0.717, 1.165) is 62.0 Å². The Morgan fingerprint density at radius 1 is 1.24 bits per heavy atom. The fourth-order valence-corrected chi connectivity index (χ4v) is 6.63. The Bertz CT molecular complexity index is 751. The van der Waals surface area contributed by atoms with Crippen LogP contribution in [0.25, 0.3) is 0 Å². The summed E-state index contributed by atoms with van der Waals surface area (Å²) in [6.45, 7) is 0. The zero-order chi connectivity index (χ0) is 20.3. The van der Waals surface area contributed by atoms with Crippen LogP contribution in [0.15, 0.2) is 24.3 Å². The second kappa shape index (κ2) is 8.86. The Hall–Kier alpha value is -1.89. The number of thioether (sulfide) groups is 1. The van der Waals surface area contributed by atoms with Gasteiger partial charge in [-0.2, -0.15) is 11.8 Å². The molecule has 3 fully saturated rings. The molecule has 3 amide bonds. The van der Waals surface area contributed by atoms with Gasteiger partial charge in [0, 0.05) is 23.0 Å². The first-order valence-electron chi connectivity index (χ1n) is 10.7. The molecule has 0 aromatic heterocycles. The molecule has 3 N–H and O–H groups in total. The van der Waals surface area contributed by atoms with Gasteiger partial charge in [0.1, 0.15) is 5.75 Å². The van der Waals surface area contributed by atoms with E-state index in [9.17, 15) is 9.59 Å². The first kappa shape index (κ1) is 20.4. The molecule has 0 unspecified atom stereocenters. The van der Waals surface area contributed by atoms with Gasteiger partial charge in [-0.05, 0) is 31.7 Å². The Kier molecular flexibility index (Phi) is 6.23. The minimum absolute atomic E-state index is 0.0390. The number of fused-ring (bicyclic) bond motifs is 1. The van der Waals surface area contributed by atoms with E-state index in [0.29, 0.717) is 11.7 Å². The number of carbonyl (C=O) groups excluding carboxylic acids is 2. The Morgan fingerprint density at radius 2 is 2.03 bits per heavy atom. The first-order chi connectivity index (χ1) is 14.1. The van der Waals surface area contributed by atoms with Gasteiger partial charge in [-0.25, -0.2) is 4.79 Å². The fourth-order valence-electron chi connectivity index (χ4n) is 5.08. The molecule has 1 aromatic carbocycles. The molecule has 4 rings (SSSR count). The van der Waals surface area contributed by atoms with Crippen molar-refractivity contribution in [1.82, 2.24) is 16.0 Å². The average molecular weight is 418 g/mol. The molecule has 3 aliphatic rings. The minimum atomic E-state index is -0.294. The van der Waals surface area contributed by atoms with E-state index in [1.54, 1.807) is 7.11 Å². The number of methoxy groups -OCH3 is 1. The van der Waals surface area contributed by atoms with E-state index in [-0.39, 0.29) is 29.6 Å². The van der Waals surface area contributed by atoms with Crippen LogP contribution in [-0.2, 0) is 10.3 Å². The van der Waals surface area contributed by atoms with Gasteiger partial charge in [0.25, 0.3) is 0 Å². The lowest BCUT2D eigenvalue weighted by molar-refractivity contribution is -0.123. The molecule has 0 bridgehead atoms. The summed E-state index contributed by atoms with van der Waals surface area (Å²) in [6.07, 6.45) is 7.65. The van der Waals surface area contributed by atoms with E-state index in [1.807, 2.05) is 30.0 Å². The van der Waals surface area contributed by atoms with Crippen molar-refractivity contribution in [3.05, 3.63) is 29.8 Å². The lowest BCUT2D eigenvalue weighted by atomic mass is 9.87. The van der Waals surface area contributed by atoms with Crippen LogP contribution in [0.5, 0.6) is 5.75 Å². The molecule has 2 aliphatic heterocycles. The zero-order valence-electron chi connectivity index (χ0n) is 17.0. The molecule has 6 nitrogen and oxygen atoms in total. The monoisotopic (exact) mass is 417 g/mol. The lowest BCUT2D eigenvalue weighted by Crippen LogP contribution is -2.44. The number of carbonyl (C=O) groups is 2. The maximum atomic E-state index is 12.8. The number of para-hydroxylation sites is 1. The number of ether oxygens (including phenoxy) is 1. The third-order valence-corrected chi connectivity index (χ3v) is 8.05. The maximum Gasteiger partial charge on any atom is 0.315 e. The number of rotatable bonds is 8. The molecule has 1 saturated carbocycles. The molecule has 7 heteroatoms. The standard InChI is InChI=1S/C22H31N3O3S/c1-28-17-9-3-2-8-15(17)22(12-6-7-13-22)25-19(26)11-5-4-10-18-20-16(14-29-18)23-21(27)24-20/h2-3,8-9,16,18,20H,4-7,10-14H2,1H3,(H,25,26)(H2,23,24,27)/t16-,18-,20+/m0/s1. The van der Waals surface area contributed by atoms with Gasteiger partial charge in [-0.3, -0.25) is 4.79 Å². The van der Waals surface area contributed by atoms with Crippen LogP contribution in [0.4, 0.5) is 4.79 Å². The molecule has 0 radical (unpaired) electrons. The fraction of sp³-hybridized carbons (Fsp3) is 0.636. The molecule has 1 aliphatic carbocycles. The van der Waals surface area contributed by atoms with Crippen molar-refractivity contribution in [2.45, 2.75) is 74.2 Å². The third-order valence-electron chi connectivity index (χ3n) is 6.54. The van der Waals surface area contributed by atoms with Crippen LogP contribution in [-0.4, -0.2) is 42.1 Å². The van der Waals surface area contributed by atoms with Gasteiger partial charge < -0.3 is 20.7 Å². The van der Waals surface area contributed by atoms with Gasteiger partial charge in [0.15, 0.2) is 0 Å². The van der Waals surface area contributed by atoms with E-state index >= 15 is 0 Å². The molecule has 2 heterocycles. The summed E-state index contributed by atoms with van der Waals surface area (Å²) in [7, 11) is 1.69. The summed E-state index contributed by atoms with van der Waals surface area (Å²) in [5.74, 6) is 1.97. The topological polar surface area (TPSA) is 79.5 Å². The summed E-state index contributed by atoms with van der Waals surface area (Å²) < 4.78 is 5.57. The largest absolute Gasteiger partial charge is 0.496 e. The van der Waals surface area contributed by atoms with Crippen molar-refractivity contribution in [2.24, 2.45) is 0 Å². The van der Waals surface area contributed by atoms with Gasteiger partial charge in [0.05, 0.1) is 24.7 Å². The predicted octanol–water partition coefficient (Wildman–Crippen LogP) is 3.31. The average Bonchev–Trinajstić information content (AvgIpc) is 3.42. The van der Waals surface area contributed by atoms with E-state index < -0.39 is 0 Å². The van der Waals surface area contributed by atoms with E-state index in [1.165, 1.54) is 0 Å². The highest BCUT2D eigenvalue weighted by atomic mass is 32.2. The van der Waals surface area contributed by atoms with Crippen molar-refractivity contribution < 1.29 is 14.3 Å². The van der Waals surface area contributed by atoms with Crippen molar-refractivity contribution in [2.75, 3.05) is 12.9 Å². The van der Waals surface area contributed by atoms with Crippen molar-refractivity contribution in [3.63, 3.8) is 0 Å². The summed E-state index contributed by atoms with van der Waals surface area (Å²) >= 11 is 1.93. The summed E-state index contributed by atoms with van der Waals surface area (Å²) in [5.41, 5.74) is 0.809. The highest BCUT2D eigenvalue weighted by Gasteiger charge is 2.42. The van der Waals surface area contributed by atoms with Crippen molar-refractivity contribution >= 4 is 23.7 Å². The summed E-state index contributed by atoms with van der Waals surface area (Å²) in [5, 5.41) is 9.83. The Labute approximate surface area is 176 Å². The molecule has 29 heavy (non-hydrogen) atoms. The SMILES string of the molecule is COc1ccccc1C1(NC(=O)CCCC[C@@H]2SC[C@@H]3NC(=O)N[C@H]32)CCCC1. The molecular weight excluding hydrogens is 386 g/mol. The number of nitrogens with one attached hydrogen (secondary N) is 3. The third kappa shape index (κ3) is 4.34. The molecule has 3 atom stereocenters. The van der Waals surface area contributed by atoms with Crippen LogP contribution in [0.2, 0.25) is 0 Å². The smallest absolute Gasteiger partial charge is 0.315 e. The molecule has 0 spiro atoms. The summed E-state index contributed by atoms with van der Waals surface area (Å²) in [6, 6.07) is 8.53. The zero-order valence-corrected chi connectivity index (χ0v) is 17.9. The van der Waals surface area contributed by atoms with E-state index in [2.05, 4.69) is 22.0 Å². The summed E-state index contributed by atoms with van der Waals surface area (Å²) in [4.78, 5) is 24.3. The molecule has 1 aromatic rings. The van der Waals surface area contributed by atoms with Gasteiger partial charge >= 0.3 is 6.03 Å². The van der Waals surface area contributed by atoms with Gasteiger partial charge in [-0.15, -0.1) is 0 Å². The van der Waals surface area contributed by atoms with Crippen molar-refractivity contribution in [1.29, 1.82) is 0 Å². The molecule has 158 valence electrons. The number of benzene rings is 1. The normalized spacial score (nSPS) is 27.2. The highest BCUT2D eigenvalue weighted by molar-refractivity contribution is 8.00. The maximum absolute atomic E-state index is 12.8. The van der Waals surface area contributed by atoms with Crippen LogP contribution in [0, 0.1) is 0 Å². The van der Waals surface area contributed by atoms with Crippen LogP contribution < -0.4 is 20.7 Å². The van der Waals surface area contributed by atoms with Crippen molar-refractivity contribution in [3.8, 4) is 5.75 Å². The number of hydrogen-bond donors (Lipinski definition) is 3. The lowest BCUT2D eigenvalue weighted by Gasteiger charge is -2.32. The van der Waals surface area contributed by atoms with E-state index in [4.69, 9.17) is 4.74 Å². The van der Waals surface area contributed by atoms with Crippen LogP contribution >= 0.6 is 11.8 Å². The molecule has 2 saturated heterocycles. The Morgan fingerprint density at radius 3 is 2.83 bits per heavy atom. The second-order valence-electron chi connectivity index (χ2n) is 8.41. The predicted molar refractivity (Wildman–Crippen MR) is 115 cm³/mol.